The minimum atomic E-state index is -1.05. The molecule has 0 saturated heterocycles. The molecule has 0 aromatic carbocycles. The van der Waals surface area contributed by atoms with E-state index in [0.29, 0.717) is 19.4 Å². The van der Waals surface area contributed by atoms with Gasteiger partial charge in [0.05, 0.1) is 0 Å². The van der Waals surface area contributed by atoms with Crippen molar-refractivity contribution in [2.24, 2.45) is 17.8 Å². The summed E-state index contributed by atoms with van der Waals surface area (Å²) in [6.07, 6.45) is 2.96. The van der Waals surface area contributed by atoms with Gasteiger partial charge in [-0.3, -0.25) is 14.4 Å². The van der Waals surface area contributed by atoms with E-state index in [1.165, 1.54) is 6.92 Å². The molecule has 9 nitrogen and oxygen atoms in total. The fraction of sp³-hybridized carbons (Fsp3) is 0.818. The number of carbonyl (C=O) groups excluding carboxylic acids is 3. The maximum Gasteiger partial charge on any atom is 0.408 e. The standard InChI is InChI=1S/C22H39N3O6/c1-7-13(2)17(25-21(30)31-22(4,5)6)19(27)23-12-15-8-10-16(11-9-15)18(26)24-14(3)20(28)29/h13-17H,7-12H2,1-6H3,(H,23,27)(H,24,26)(H,25,30)(H,28,29)/t13?,14-,15?,16?,17-/m0/s1. The summed E-state index contributed by atoms with van der Waals surface area (Å²) in [5, 5.41) is 17.1. The lowest BCUT2D eigenvalue weighted by atomic mass is 9.81. The molecule has 9 heteroatoms. The molecule has 0 aliphatic heterocycles. The van der Waals surface area contributed by atoms with Crippen LogP contribution in [0.4, 0.5) is 4.79 Å². The highest BCUT2D eigenvalue weighted by Gasteiger charge is 2.31. The quantitative estimate of drug-likeness (QED) is 0.434. The average Bonchev–Trinajstić information content (AvgIpc) is 2.68. The molecule has 0 aromatic rings. The maximum atomic E-state index is 12.7. The summed E-state index contributed by atoms with van der Waals surface area (Å²) in [5.41, 5.74) is -0.645. The van der Waals surface area contributed by atoms with Gasteiger partial charge in [0.2, 0.25) is 11.8 Å². The van der Waals surface area contributed by atoms with Crippen LogP contribution >= 0.6 is 0 Å². The monoisotopic (exact) mass is 441 g/mol. The van der Waals surface area contributed by atoms with Crippen molar-refractivity contribution >= 4 is 23.9 Å². The zero-order valence-electron chi connectivity index (χ0n) is 19.6. The van der Waals surface area contributed by atoms with Crippen molar-refractivity contribution in [3.63, 3.8) is 0 Å². The van der Waals surface area contributed by atoms with E-state index in [4.69, 9.17) is 9.84 Å². The largest absolute Gasteiger partial charge is 0.480 e. The second-order valence-corrected chi connectivity index (χ2v) is 9.54. The van der Waals surface area contributed by atoms with E-state index in [-0.39, 0.29) is 29.6 Å². The van der Waals surface area contributed by atoms with Crippen LogP contribution in [0, 0.1) is 17.8 Å². The number of carboxylic acid groups (broad SMARTS) is 1. The third-order valence-corrected chi connectivity index (χ3v) is 5.68. The minimum absolute atomic E-state index is 0.0526. The summed E-state index contributed by atoms with van der Waals surface area (Å²) in [4.78, 5) is 48.0. The van der Waals surface area contributed by atoms with E-state index in [9.17, 15) is 19.2 Å². The van der Waals surface area contributed by atoms with Crippen molar-refractivity contribution in [3.8, 4) is 0 Å². The molecule has 3 atom stereocenters. The Morgan fingerprint density at radius 1 is 1.03 bits per heavy atom. The first-order chi connectivity index (χ1) is 14.3. The molecular weight excluding hydrogens is 402 g/mol. The fourth-order valence-electron chi connectivity index (χ4n) is 3.51. The molecule has 0 heterocycles. The van der Waals surface area contributed by atoms with Crippen molar-refractivity contribution < 1.29 is 29.0 Å². The van der Waals surface area contributed by atoms with Crippen molar-refractivity contribution in [2.45, 2.75) is 91.3 Å². The first-order valence-corrected chi connectivity index (χ1v) is 11.1. The normalized spacial score (nSPS) is 21.9. The Bertz CT molecular complexity index is 638. The third kappa shape index (κ3) is 9.57. The highest BCUT2D eigenvalue weighted by atomic mass is 16.6. The first-order valence-electron chi connectivity index (χ1n) is 11.1. The van der Waals surface area contributed by atoms with Crippen LogP contribution in [-0.2, 0) is 19.1 Å². The highest BCUT2D eigenvalue weighted by Crippen LogP contribution is 2.28. The van der Waals surface area contributed by atoms with E-state index in [1.807, 2.05) is 13.8 Å². The Kier molecular flexibility index (Phi) is 10.3. The summed E-state index contributed by atoms with van der Waals surface area (Å²) in [7, 11) is 0. The zero-order chi connectivity index (χ0) is 23.8. The highest BCUT2D eigenvalue weighted by molar-refractivity contribution is 5.86. The van der Waals surface area contributed by atoms with Gasteiger partial charge in [-0.25, -0.2) is 4.79 Å². The lowest BCUT2D eigenvalue weighted by molar-refractivity contribution is -0.142. The SMILES string of the molecule is CCC(C)[C@H](NC(=O)OC(C)(C)C)C(=O)NCC1CCC(C(=O)N[C@@H](C)C(=O)O)CC1. The lowest BCUT2D eigenvalue weighted by Crippen LogP contribution is -2.52. The molecule has 1 aliphatic carbocycles. The van der Waals surface area contributed by atoms with Crippen LogP contribution in [0.5, 0.6) is 0 Å². The molecule has 1 unspecified atom stereocenters. The molecule has 0 bridgehead atoms. The number of aliphatic carboxylic acids is 1. The van der Waals surface area contributed by atoms with Crippen LogP contribution in [0.15, 0.2) is 0 Å². The Balaban J connectivity index is 2.51. The summed E-state index contributed by atoms with van der Waals surface area (Å²) in [6.45, 7) is 11.1. The molecule has 0 aromatic heterocycles. The molecular formula is C22H39N3O6. The molecule has 31 heavy (non-hydrogen) atoms. The van der Waals surface area contributed by atoms with E-state index >= 15 is 0 Å². The zero-order valence-corrected chi connectivity index (χ0v) is 19.6. The van der Waals surface area contributed by atoms with E-state index in [0.717, 1.165) is 19.3 Å². The molecule has 0 spiro atoms. The van der Waals surface area contributed by atoms with Gasteiger partial charge in [0.25, 0.3) is 0 Å². The molecule has 1 aliphatic rings. The van der Waals surface area contributed by atoms with Crippen LogP contribution < -0.4 is 16.0 Å². The van der Waals surface area contributed by atoms with Crippen LogP contribution in [0.3, 0.4) is 0 Å². The molecule has 1 rings (SSSR count). The molecule has 0 radical (unpaired) electrons. The topological polar surface area (TPSA) is 134 Å². The second-order valence-electron chi connectivity index (χ2n) is 9.54. The number of carbonyl (C=O) groups is 4. The summed E-state index contributed by atoms with van der Waals surface area (Å²) >= 11 is 0. The summed E-state index contributed by atoms with van der Waals surface area (Å²) in [5.74, 6) is -1.53. The van der Waals surface area contributed by atoms with Gasteiger partial charge in [-0.05, 0) is 65.2 Å². The smallest absolute Gasteiger partial charge is 0.408 e. The fourth-order valence-corrected chi connectivity index (χ4v) is 3.51. The molecule has 3 amide bonds. The Morgan fingerprint density at radius 3 is 2.10 bits per heavy atom. The number of carboxylic acids is 1. The van der Waals surface area contributed by atoms with Crippen LogP contribution in [0.1, 0.15) is 73.6 Å². The van der Waals surface area contributed by atoms with Gasteiger partial charge in [-0.2, -0.15) is 0 Å². The summed E-state index contributed by atoms with van der Waals surface area (Å²) < 4.78 is 5.28. The summed E-state index contributed by atoms with van der Waals surface area (Å²) in [6, 6.07) is -1.58. The van der Waals surface area contributed by atoms with Crippen LogP contribution in [-0.4, -0.2) is 53.2 Å². The Labute approximate surface area is 185 Å². The number of amides is 3. The van der Waals surface area contributed by atoms with Crippen LogP contribution in [0.2, 0.25) is 0 Å². The molecule has 1 fully saturated rings. The Morgan fingerprint density at radius 2 is 1.61 bits per heavy atom. The van der Waals surface area contributed by atoms with Gasteiger partial charge in [-0.1, -0.05) is 20.3 Å². The van der Waals surface area contributed by atoms with Gasteiger partial charge in [0, 0.05) is 12.5 Å². The van der Waals surface area contributed by atoms with Crippen molar-refractivity contribution in [2.75, 3.05) is 6.54 Å². The van der Waals surface area contributed by atoms with Crippen molar-refractivity contribution in [1.29, 1.82) is 0 Å². The first kappa shape index (κ1) is 26.7. The second kappa shape index (κ2) is 11.9. The van der Waals surface area contributed by atoms with E-state index in [2.05, 4.69) is 16.0 Å². The molecule has 1 saturated carbocycles. The number of hydrogen-bond acceptors (Lipinski definition) is 5. The molecule has 178 valence electrons. The van der Waals surface area contributed by atoms with Crippen LogP contribution in [0.25, 0.3) is 0 Å². The predicted octanol–water partition coefficient (Wildman–Crippen LogP) is 2.44. The minimum Gasteiger partial charge on any atom is -0.480 e. The number of alkyl carbamates (subject to hydrolysis) is 1. The maximum absolute atomic E-state index is 12.7. The predicted molar refractivity (Wildman–Crippen MR) is 116 cm³/mol. The van der Waals surface area contributed by atoms with Gasteiger partial charge < -0.3 is 25.8 Å². The van der Waals surface area contributed by atoms with Gasteiger partial charge in [0.15, 0.2) is 0 Å². The van der Waals surface area contributed by atoms with E-state index < -0.39 is 29.7 Å². The van der Waals surface area contributed by atoms with Crippen molar-refractivity contribution in [1.82, 2.24) is 16.0 Å². The van der Waals surface area contributed by atoms with Gasteiger partial charge >= 0.3 is 12.1 Å². The van der Waals surface area contributed by atoms with Gasteiger partial charge in [-0.15, -0.1) is 0 Å². The number of rotatable bonds is 9. The van der Waals surface area contributed by atoms with E-state index in [1.54, 1.807) is 20.8 Å². The average molecular weight is 442 g/mol. The van der Waals surface area contributed by atoms with Gasteiger partial charge in [0.1, 0.15) is 17.7 Å². The number of nitrogens with one attached hydrogen (secondary N) is 3. The number of ether oxygens (including phenoxy) is 1. The van der Waals surface area contributed by atoms with Crippen molar-refractivity contribution in [3.05, 3.63) is 0 Å². The third-order valence-electron chi connectivity index (χ3n) is 5.68. The lowest BCUT2D eigenvalue weighted by Gasteiger charge is -2.30. The number of hydrogen-bond donors (Lipinski definition) is 4. The molecule has 4 N–H and O–H groups in total. The Hall–Kier alpha value is -2.32.